The van der Waals surface area contributed by atoms with Crippen LogP contribution < -0.4 is 10.6 Å². The lowest BCUT2D eigenvalue weighted by Crippen LogP contribution is -2.53. The first-order valence-corrected chi connectivity index (χ1v) is 10.7. The Morgan fingerprint density at radius 3 is 1.70 bits per heavy atom. The number of nitrogens with zero attached hydrogens (tertiary/aromatic N) is 2. The Labute approximate surface area is 148 Å². The van der Waals surface area contributed by atoms with Crippen LogP contribution in [-0.4, -0.2) is 60.0 Å². The lowest BCUT2D eigenvalue weighted by atomic mass is 10.1. The maximum atomic E-state index is 3.60. The van der Waals surface area contributed by atoms with E-state index in [1.165, 1.54) is 77.5 Å². The molecular formula is C18H38N4S. The van der Waals surface area contributed by atoms with E-state index >= 15 is 0 Å². The lowest BCUT2D eigenvalue weighted by Gasteiger charge is -2.42. The Morgan fingerprint density at radius 2 is 1.26 bits per heavy atom. The van der Waals surface area contributed by atoms with Gasteiger partial charge in [0.25, 0.3) is 0 Å². The van der Waals surface area contributed by atoms with Gasteiger partial charge in [-0.25, -0.2) is 8.61 Å². The summed E-state index contributed by atoms with van der Waals surface area (Å²) in [6, 6.07) is 1.43. The van der Waals surface area contributed by atoms with Crippen LogP contribution in [-0.2, 0) is 0 Å². The van der Waals surface area contributed by atoms with Crippen molar-refractivity contribution >= 4 is 12.1 Å². The molecule has 0 amide bonds. The molecule has 2 saturated heterocycles. The third-order valence-electron chi connectivity index (χ3n) is 5.08. The zero-order valence-electron chi connectivity index (χ0n) is 15.4. The van der Waals surface area contributed by atoms with Crippen molar-refractivity contribution in [3.63, 3.8) is 0 Å². The zero-order chi connectivity index (χ0) is 16.3. The van der Waals surface area contributed by atoms with E-state index in [4.69, 9.17) is 0 Å². The van der Waals surface area contributed by atoms with Crippen LogP contribution in [0, 0.1) is 0 Å². The first-order chi connectivity index (χ1) is 11.3. The molecule has 5 heteroatoms. The minimum Gasteiger partial charge on any atom is -0.314 e. The lowest BCUT2D eigenvalue weighted by molar-refractivity contribution is 0.231. The Kier molecular flexibility index (Phi) is 9.92. The largest absolute Gasteiger partial charge is 0.314 e. The summed E-state index contributed by atoms with van der Waals surface area (Å²) in [6.45, 7) is 11.6. The molecule has 0 saturated carbocycles. The molecule has 2 heterocycles. The molecule has 2 aliphatic heterocycles. The van der Waals surface area contributed by atoms with Crippen molar-refractivity contribution < 1.29 is 0 Å². The smallest absolute Gasteiger partial charge is 0.0340 e. The predicted molar refractivity (Wildman–Crippen MR) is 103 cm³/mol. The van der Waals surface area contributed by atoms with E-state index in [2.05, 4.69) is 45.2 Å². The topological polar surface area (TPSA) is 30.5 Å². The molecule has 23 heavy (non-hydrogen) atoms. The molecule has 2 aliphatic rings. The normalized spacial score (nSPS) is 27.4. The van der Waals surface area contributed by atoms with Crippen LogP contribution in [0.1, 0.15) is 65.2 Å². The summed E-state index contributed by atoms with van der Waals surface area (Å²) in [5.41, 5.74) is 0. The second-order valence-electron chi connectivity index (χ2n) is 7.07. The van der Waals surface area contributed by atoms with Gasteiger partial charge in [0.2, 0.25) is 0 Å². The molecule has 0 radical (unpaired) electrons. The van der Waals surface area contributed by atoms with Gasteiger partial charge in [0.1, 0.15) is 0 Å². The van der Waals surface area contributed by atoms with Crippen molar-refractivity contribution in [3.05, 3.63) is 0 Å². The summed E-state index contributed by atoms with van der Waals surface area (Å²) in [5.74, 6) is 0. The maximum Gasteiger partial charge on any atom is 0.0340 e. The van der Waals surface area contributed by atoms with Gasteiger partial charge in [0, 0.05) is 63.5 Å². The van der Waals surface area contributed by atoms with Gasteiger partial charge in [-0.3, -0.25) is 0 Å². The second-order valence-corrected chi connectivity index (χ2v) is 8.17. The Bertz CT molecular complexity index is 275. The Balaban J connectivity index is 1.82. The molecular weight excluding hydrogens is 304 g/mol. The van der Waals surface area contributed by atoms with E-state index in [0.29, 0.717) is 12.1 Å². The monoisotopic (exact) mass is 342 g/mol. The van der Waals surface area contributed by atoms with Gasteiger partial charge < -0.3 is 10.6 Å². The van der Waals surface area contributed by atoms with E-state index in [9.17, 15) is 0 Å². The van der Waals surface area contributed by atoms with E-state index in [0.717, 1.165) is 13.1 Å². The molecule has 136 valence electrons. The van der Waals surface area contributed by atoms with Crippen molar-refractivity contribution in [2.45, 2.75) is 77.3 Å². The van der Waals surface area contributed by atoms with Crippen LogP contribution in [0.5, 0.6) is 0 Å². The molecule has 0 aromatic heterocycles. The van der Waals surface area contributed by atoms with Crippen molar-refractivity contribution in [1.82, 2.24) is 19.2 Å². The van der Waals surface area contributed by atoms with E-state index in [-0.39, 0.29) is 0 Å². The number of piperazine rings is 2. The SMILES string of the molecule is CCCCCC1CNCCN1SN1CCNCC1CCCCC. The molecule has 0 bridgehead atoms. The van der Waals surface area contributed by atoms with Gasteiger partial charge in [0.05, 0.1) is 0 Å². The second kappa shape index (κ2) is 11.7. The van der Waals surface area contributed by atoms with Crippen LogP contribution in [0.25, 0.3) is 0 Å². The quantitative estimate of drug-likeness (QED) is 0.470. The molecule has 4 nitrogen and oxygen atoms in total. The summed E-state index contributed by atoms with van der Waals surface area (Å²) < 4.78 is 5.37. The minimum atomic E-state index is 0.714. The van der Waals surface area contributed by atoms with Crippen LogP contribution in [0.2, 0.25) is 0 Å². The fourth-order valence-electron chi connectivity index (χ4n) is 3.59. The highest BCUT2D eigenvalue weighted by Gasteiger charge is 2.29. The Hall–Kier alpha value is 0.190. The van der Waals surface area contributed by atoms with Crippen molar-refractivity contribution in [2.75, 3.05) is 39.3 Å². The van der Waals surface area contributed by atoms with E-state index in [1.807, 2.05) is 0 Å². The van der Waals surface area contributed by atoms with Crippen molar-refractivity contribution in [2.24, 2.45) is 0 Å². The van der Waals surface area contributed by atoms with E-state index in [1.54, 1.807) is 0 Å². The maximum absolute atomic E-state index is 3.60. The first-order valence-electron chi connectivity index (χ1n) is 9.98. The van der Waals surface area contributed by atoms with Crippen LogP contribution >= 0.6 is 12.1 Å². The van der Waals surface area contributed by atoms with Gasteiger partial charge in [-0.05, 0) is 12.8 Å². The van der Waals surface area contributed by atoms with Gasteiger partial charge in [0.15, 0.2) is 0 Å². The molecule has 0 aliphatic carbocycles. The Morgan fingerprint density at radius 1 is 0.783 bits per heavy atom. The third-order valence-corrected chi connectivity index (χ3v) is 6.46. The summed E-state index contributed by atoms with van der Waals surface area (Å²) in [5, 5.41) is 7.19. The van der Waals surface area contributed by atoms with Crippen molar-refractivity contribution in [3.8, 4) is 0 Å². The zero-order valence-corrected chi connectivity index (χ0v) is 16.2. The van der Waals surface area contributed by atoms with Crippen LogP contribution in [0.3, 0.4) is 0 Å². The average Bonchev–Trinajstić information content (AvgIpc) is 2.58. The highest BCUT2D eigenvalue weighted by molar-refractivity contribution is 7.94. The molecule has 2 atom stereocenters. The molecule has 0 aromatic carbocycles. The summed E-state index contributed by atoms with van der Waals surface area (Å²) >= 11 is 2.06. The summed E-state index contributed by atoms with van der Waals surface area (Å²) in [6.07, 6.45) is 10.9. The fourth-order valence-corrected chi connectivity index (χ4v) is 4.83. The molecule has 2 fully saturated rings. The number of nitrogens with one attached hydrogen (secondary N) is 2. The van der Waals surface area contributed by atoms with Gasteiger partial charge in [-0.1, -0.05) is 52.4 Å². The molecule has 2 unspecified atom stereocenters. The first kappa shape index (κ1) is 19.5. The molecule has 0 aromatic rings. The molecule has 0 spiro atoms. The van der Waals surface area contributed by atoms with Crippen LogP contribution in [0.15, 0.2) is 0 Å². The highest BCUT2D eigenvalue weighted by atomic mass is 32.2. The van der Waals surface area contributed by atoms with E-state index < -0.39 is 0 Å². The standard InChI is InChI=1S/C18H38N4S/c1-3-5-7-9-17-15-19-11-13-21(17)23-22-14-12-20-16-18(22)10-8-6-4-2/h17-20H,3-16H2,1-2H3. The van der Waals surface area contributed by atoms with Gasteiger partial charge >= 0.3 is 0 Å². The van der Waals surface area contributed by atoms with Gasteiger partial charge in [-0.15, -0.1) is 0 Å². The minimum absolute atomic E-state index is 0.714. The van der Waals surface area contributed by atoms with Crippen molar-refractivity contribution in [1.29, 1.82) is 0 Å². The summed E-state index contributed by atoms with van der Waals surface area (Å²) in [7, 11) is 0. The number of rotatable bonds is 10. The number of hydrogen-bond acceptors (Lipinski definition) is 5. The molecule has 2 rings (SSSR count). The van der Waals surface area contributed by atoms with Crippen LogP contribution in [0.4, 0.5) is 0 Å². The molecule has 2 N–H and O–H groups in total. The predicted octanol–water partition coefficient (Wildman–Crippen LogP) is 3.26. The summed E-state index contributed by atoms with van der Waals surface area (Å²) in [4.78, 5) is 0. The number of hydrogen-bond donors (Lipinski definition) is 2. The number of unbranched alkanes of at least 4 members (excludes halogenated alkanes) is 4. The average molecular weight is 343 g/mol. The highest BCUT2D eigenvalue weighted by Crippen LogP contribution is 2.28. The fraction of sp³-hybridized carbons (Fsp3) is 1.00. The third kappa shape index (κ3) is 6.91. The van der Waals surface area contributed by atoms with Gasteiger partial charge in [-0.2, -0.15) is 0 Å².